The number of carbonyl (C=O) groups is 1. The van der Waals surface area contributed by atoms with Crippen molar-refractivity contribution in [3.8, 4) is 0 Å². The van der Waals surface area contributed by atoms with E-state index in [1.54, 1.807) is 0 Å². The smallest absolute Gasteiger partial charge is 0.338 e. The Bertz CT molecular complexity index is 367. The summed E-state index contributed by atoms with van der Waals surface area (Å²) in [6.07, 6.45) is 0.826. The quantitative estimate of drug-likeness (QED) is 0.556. The number of rotatable bonds is 4. The van der Waals surface area contributed by atoms with Crippen LogP contribution in [0, 0.1) is 6.92 Å². The predicted octanol–water partition coefficient (Wildman–Crippen LogP) is 2.96. The highest BCUT2D eigenvalue weighted by Gasteiger charge is 2.11. The Morgan fingerprint density at radius 3 is 2.67 bits per heavy atom. The lowest BCUT2D eigenvalue weighted by atomic mass is 10.0. The molecule has 0 radical (unpaired) electrons. The molecule has 0 atom stereocenters. The van der Waals surface area contributed by atoms with Gasteiger partial charge in [-0.05, 0) is 24.5 Å². The molecule has 0 unspecified atom stereocenters. The first-order valence-corrected chi connectivity index (χ1v) is 5.08. The van der Waals surface area contributed by atoms with Crippen molar-refractivity contribution in [3.63, 3.8) is 0 Å². The van der Waals surface area contributed by atoms with Crippen molar-refractivity contribution in [1.82, 2.24) is 0 Å². The number of benzene rings is 1. The van der Waals surface area contributed by atoms with Crippen LogP contribution in [0.2, 0.25) is 0 Å². The van der Waals surface area contributed by atoms with E-state index in [4.69, 9.17) is 4.74 Å². The first-order valence-electron chi connectivity index (χ1n) is 5.08. The van der Waals surface area contributed by atoms with Gasteiger partial charge in [-0.2, -0.15) is 0 Å². The summed E-state index contributed by atoms with van der Waals surface area (Å²) < 4.78 is 5.02. The maximum absolute atomic E-state index is 11.5. The maximum Gasteiger partial charge on any atom is 0.338 e. The monoisotopic (exact) mass is 204 g/mol. The molecule has 2 heteroatoms. The molecule has 0 N–H and O–H groups in total. The third kappa shape index (κ3) is 2.94. The lowest BCUT2D eigenvalue weighted by molar-refractivity contribution is -0.136. The number of hydrogen-bond donors (Lipinski definition) is 0. The molecule has 0 amide bonds. The lowest BCUT2D eigenvalue weighted by Crippen LogP contribution is -2.07. The van der Waals surface area contributed by atoms with Gasteiger partial charge in [0.25, 0.3) is 0 Å². The second-order valence-electron chi connectivity index (χ2n) is 3.43. The van der Waals surface area contributed by atoms with Crippen LogP contribution in [0.15, 0.2) is 30.8 Å². The topological polar surface area (TPSA) is 26.3 Å². The summed E-state index contributed by atoms with van der Waals surface area (Å²) in [4.78, 5) is 11.5. The van der Waals surface area contributed by atoms with Crippen LogP contribution in [-0.4, -0.2) is 12.6 Å². The van der Waals surface area contributed by atoms with Crippen molar-refractivity contribution < 1.29 is 9.53 Å². The van der Waals surface area contributed by atoms with Gasteiger partial charge in [0.15, 0.2) is 0 Å². The van der Waals surface area contributed by atoms with Crippen molar-refractivity contribution >= 4 is 11.5 Å². The predicted molar refractivity (Wildman–Crippen MR) is 61.5 cm³/mol. The maximum atomic E-state index is 11.5. The number of ether oxygens (including phenoxy) is 1. The molecule has 0 aromatic heterocycles. The van der Waals surface area contributed by atoms with Gasteiger partial charge >= 0.3 is 5.97 Å². The summed E-state index contributed by atoms with van der Waals surface area (Å²) in [6.45, 7) is 8.13. The molecule has 1 aromatic rings. The van der Waals surface area contributed by atoms with Crippen LogP contribution in [0.1, 0.15) is 24.5 Å². The Labute approximate surface area is 90.6 Å². The number of hydrogen-bond acceptors (Lipinski definition) is 2. The molecule has 0 saturated heterocycles. The van der Waals surface area contributed by atoms with Crippen LogP contribution in [0.25, 0.3) is 5.57 Å². The van der Waals surface area contributed by atoms with E-state index < -0.39 is 0 Å². The molecule has 0 fully saturated rings. The summed E-state index contributed by atoms with van der Waals surface area (Å²) in [5.74, 6) is -0.328. The highest BCUT2D eigenvalue weighted by atomic mass is 16.5. The van der Waals surface area contributed by atoms with Gasteiger partial charge in [0, 0.05) is 0 Å². The van der Waals surface area contributed by atoms with Gasteiger partial charge < -0.3 is 4.74 Å². The number of esters is 1. The highest BCUT2D eigenvalue weighted by Crippen LogP contribution is 2.17. The first kappa shape index (κ1) is 11.5. The fourth-order valence-corrected chi connectivity index (χ4v) is 1.30. The molecule has 0 spiro atoms. The molecule has 2 nitrogen and oxygen atoms in total. The molecule has 0 aliphatic heterocycles. The van der Waals surface area contributed by atoms with Gasteiger partial charge in [0.05, 0.1) is 12.2 Å². The minimum Gasteiger partial charge on any atom is -0.462 e. The van der Waals surface area contributed by atoms with Crippen molar-refractivity contribution in [1.29, 1.82) is 0 Å². The zero-order valence-electron chi connectivity index (χ0n) is 9.25. The van der Waals surface area contributed by atoms with E-state index >= 15 is 0 Å². The Morgan fingerprint density at radius 2 is 2.07 bits per heavy atom. The minimum absolute atomic E-state index is 0.328. The zero-order valence-corrected chi connectivity index (χ0v) is 9.25. The van der Waals surface area contributed by atoms with Gasteiger partial charge in [-0.3, -0.25) is 0 Å². The Morgan fingerprint density at radius 1 is 1.40 bits per heavy atom. The normalized spacial score (nSPS) is 9.73. The largest absolute Gasteiger partial charge is 0.462 e. The summed E-state index contributed by atoms with van der Waals surface area (Å²) in [6, 6.07) is 7.66. The van der Waals surface area contributed by atoms with Crippen LogP contribution in [0.4, 0.5) is 0 Å². The summed E-state index contributed by atoms with van der Waals surface area (Å²) in [5, 5.41) is 0. The molecule has 0 aliphatic rings. The van der Waals surface area contributed by atoms with Crippen molar-refractivity contribution in [2.24, 2.45) is 0 Å². The number of carbonyl (C=O) groups excluding carboxylic acids is 1. The lowest BCUT2D eigenvalue weighted by Gasteiger charge is -2.08. The zero-order chi connectivity index (χ0) is 11.3. The van der Waals surface area contributed by atoms with Crippen molar-refractivity contribution in [3.05, 3.63) is 42.0 Å². The second kappa shape index (κ2) is 5.35. The fourth-order valence-electron chi connectivity index (χ4n) is 1.30. The highest BCUT2D eigenvalue weighted by molar-refractivity contribution is 6.15. The Hall–Kier alpha value is -1.57. The van der Waals surface area contributed by atoms with Gasteiger partial charge in [-0.25, -0.2) is 4.79 Å². The van der Waals surface area contributed by atoms with Gasteiger partial charge in [-0.15, -0.1) is 0 Å². The molecule has 1 rings (SSSR count). The molecule has 80 valence electrons. The van der Waals surface area contributed by atoms with Gasteiger partial charge in [0.2, 0.25) is 0 Å². The van der Waals surface area contributed by atoms with E-state index in [-0.39, 0.29) is 5.97 Å². The standard InChI is InChI=1S/C13H16O2/c1-4-9-15-13(14)11(3)12-8-6-5-7-10(12)2/h5-8H,3-4,9H2,1-2H3. The molecule has 15 heavy (non-hydrogen) atoms. The van der Waals surface area contributed by atoms with E-state index in [9.17, 15) is 4.79 Å². The van der Waals surface area contributed by atoms with Crippen LogP contribution < -0.4 is 0 Å². The summed E-state index contributed by atoms with van der Waals surface area (Å²) in [5.41, 5.74) is 2.33. The van der Waals surface area contributed by atoms with Crippen molar-refractivity contribution in [2.45, 2.75) is 20.3 Å². The van der Waals surface area contributed by atoms with Gasteiger partial charge in [-0.1, -0.05) is 37.8 Å². The molecular weight excluding hydrogens is 188 g/mol. The van der Waals surface area contributed by atoms with E-state index in [0.717, 1.165) is 17.5 Å². The molecule has 1 aromatic carbocycles. The first-order chi connectivity index (χ1) is 7.16. The minimum atomic E-state index is -0.328. The molecule has 0 saturated carbocycles. The van der Waals surface area contributed by atoms with E-state index in [2.05, 4.69) is 6.58 Å². The molecule has 0 aliphatic carbocycles. The Balaban J connectivity index is 2.77. The van der Waals surface area contributed by atoms with Crippen LogP contribution in [0.3, 0.4) is 0 Å². The fraction of sp³-hybridized carbons (Fsp3) is 0.308. The third-order valence-electron chi connectivity index (χ3n) is 2.15. The van der Waals surface area contributed by atoms with Crippen LogP contribution in [-0.2, 0) is 9.53 Å². The average Bonchev–Trinajstić information content (AvgIpc) is 2.25. The second-order valence-corrected chi connectivity index (χ2v) is 3.43. The third-order valence-corrected chi connectivity index (χ3v) is 2.15. The van der Waals surface area contributed by atoms with E-state index in [1.807, 2.05) is 38.1 Å². The van der Waals surface area contributed by atoms with Crippen LogP contribution in [0.5, 0.6) is 0 Å². The van der Waals surface area contributed by atoms with Crippen LogP contribution >= 0.6 is 0 Å². The SMILES string of the molecule is C=C(C(=O)OCCC)c1ccccc1C. The molecule has 0 heterocycles. The van der Waals surface area contributed by atoms with Gasteiger partial charge in [0.1, 0.15) is 0 Å². The average molecular weight is 204 g/mol. The summed E-state index contributed by atoms with van der Waals surface area (Å²) in [7, 11) is 0. The summed E-state index contributed by atoms with van der Waals surface area (Å²) >= 11 is 0. The van der Waals surface area contributed by atoms with E-state index in [1.165, 1.54) is 0 Å². The molecule has 0 bridgehead atoms. The molecular formula is C13H16O2. The van der Waals surface area contributed by atoms with E-state index in [0.29, 0.717) is 12.2 Å². The number of aryl methyl sites for hydroxylation is 1. The van der Waals surface area contributed by atoms with Crippen molar-refractivity contribution in [2.75, 3.05) is 6.61 Å². The Kier molecular flexibility index (Phi) is 4.10.